The lowest BCUT2D eigenvalue weighted by Gasteiger charge is -2.39. The van der Waals surface area contributed by atoms with E-state index in [1.807, 2.05) is 48.6 Å². The molecular weight excluding hydrogens is 442 g/mol. The quantitative estimate of drug-likeness (QED) is 0.502. The number of urea groups is 1. The molecule has 0 aliphatic carbocycles. The number of piperidine rings is 1. The Hall–Kier alpha value is -2.39. The van der Waals surface area contributed by atoms with Gasteiger partial charge in [0.2, 0.25) is 5.91 Å². The minimum atomic E-state index is -0.854. The minimum absolute atomic E-state index is 0.0217. The van der Waals surface area contributed by atoms with Crippen molar-refractivity contribution in [3.8, 4) is 0 Å². The highest BCUT2D eigenvalue weighted by Gasteiger charge is 2.43. The van der Waals surface area contributed by atoms with Crippen molar-refractivity contribution in [2.24, 2.45) is 5.41 Å². The van der Waals surface area contributed by atoms with Gasteiger partial charge in [-0.2, -0.15) is 11.3 Å². The molecule has 33 heavy (non-hydrogen) atoms. The SMILES string of the molecule is COC(=O)[C@H](COC(C)(C)C)NC(=O)N1CCC2(CCN(C(=O)/C=C/c3ccsc3)CC2)C1. The van der Waals surface area contributed by atoms with Crippen molar-refractivity contribution in [3.63, 3.8) is 0 Å². The molecule has 2 aliphatic heterocycles. The molecule has 1 spiro atoms. The molecule has 0 unspecified atom stereocenters. The van der Waals surface area contributed by atoms with Crippen LogP contribution < -0.4 is 5.32 Å². The van der Waals surface area contributed by atoms with Crippen molar-refractivity contribution >= 4 is 35.3 Å². The van der Waals surface area contributed by atoms with Crippen LogP contribution >= 0.6 is 11.3 Å². The second-order valence-electron chi connectivity index (χ2n) is 9.84. The number of nitrogens with zero attached hydrogens (tertiary/aromatic N) is 2. The predicted octanol–water partition coefficient (Wildman–Crippen LogP) is 3.14. The van der Waals surface area contributed by atoms with Gasteiger partial charge >= 0.3 is 12.0 Å². The fourth-order valence-electron chi connectivity index (χ4n) is 4.25. The third-order valence-electron chi connectivity index (χ3n) is 6.29. The van der Waals surface area contributed by atoms with Gasteiger partial charge in [0, 0.05) is 32.3 Å². The van der Waals surface area contributed by atoms with E-state index in [9.17, 15) is 14.4 Å². The number of hydrogen-bond acceptors (Lipinski definition) is 6. The predicted molar refractivity (Wildman–Crippen MR) is 128 cm³/mol. The number of rotatable bonds is 6. The van der Waals surface area contributed by atoms with Gasteiger partial charge in [-0.1, -0.05) is 0 Å². The van der Waals surface area contributed by atoms with E-state index < -0.39 is 17.6 Å². The first-order chi connectivity index (χ1) is 15.6. The number of likely N-dealkylation sites (tertiary alicyclic amines) is 2. The molecule has 8 nitrogen and oxygen atoms in total. The summed E-state index contributed by atoms with van der Waals surface area (Å²) in [6, 6.07) is 0.849. The van der Waals surface area contributed by atoms with Gasteiger partial charge < -0.3 is 24.6 Å². The van der Waals surface area contributed by atoms with Crippen LogP contribution in [0.5, 0.6) is 0 Å². The molecule has 0 bridgehead atoms. The van der Waals surface area contributed by atoms with Crippen LogP contribution in [0.25, 0.3) is 6.08 Å². The molecule has 0 aromatic carbocycles. The first kappa shape index (κ1) is 25.2. The molecule has 3 amide bonds. The maximum atomic E-state index is 12.9. The average molecular weight is 478 g/mol. The number of carbonyl (C=O) groups is 3. The van der Waals surface area contributed by atoms with Gasteiger partial charge in [0.25, 0.3) is 0 Å². The highest BCUT2D eigenvalue weighted by molar-refractivity contribution is 7.08. The molecule has 0 radical (unpaired) electrons. The van der Waals surface area contributed by atoms with Crippen LogP contribution in [0, 0.1) is 5.41 Å². The Labute approximate surface area is 199 Å². The molecule has 3 heterocycles. The molecule has 9 heteroatoms. The molecule has 3 rings (SSSR count). The third-order valence-corrected chi connectivity index (χ3v) is 6.99. The second kappa shape index (κ2) is 10.7. The van der Waals surface area contributed by atoms with Crippen molar-refractivity contribution in [2.75, 3.05) is 39.9 Å². The minimum Gasteiger partial charge on any atom is -0.467 e. The van der Waals surface area contributed by atoms with E-state index in [1.54, 1.807) is 22.3 Å². The molecule has 182 valence electrons. The molecule has 1 N–H and O–H groups in total. The highest BCUT2D eigenvalue weighted by atomic mass is 32.1. The fraction of sp³-hybridized carbons (Fsp3) is 0.625. The zero-order valence-electron chi connectivity index (χ0n) is 20.0. The van der Waals surface area contributed by atoms with Crippen LogP contribution in [-0.2, 0) is 19.1 Å². The monoisotopic (exact) mass is 477 g/mol. The van der Waals surface area contributed by atoms with Gasteiger partial charge in [-0.05, 0) is 73.9 Å². The van der Waals surface area contributed by atoms with E-state index >= 15 is 0 Å². The van der Waals surface area contributed by atoms with Gasteiger partial charge in [-0.15, -0.1) is 0 Å². The van der Waals surface area contributed by atoms with E-state index in [0.717, 1.165) is 24.8 Å². The summed E-state index contributed by atoms with van der Waals surface area (Å²) in [6.45, 7) is 8.36. The van der Waals surface area contributed by atoms with E-state index in [2.05, 4.69) is 5.32 Å². The van der Waals surface area contributed by atoms with Gasteiger partial charge in [-0.3, -0.25) is 4.79 Å². The first-order valence-electron chi connectivity index (χ1n) is 11.4. The normalized spacial score (nSPS) is 19.2. The second-order valence-corrected chi connectivity index (χ2v) is 10.6. The molecular formula is C24H35N3O5S. The smallest absolute Gasteiger partial charge is 0.330 e. The summed E-state index contributed by atoms with van der Waals surface area (Å²) in [5, 5.41) is 6.77. The number of thiophene rings is 1. The zero-order valence-corrected chi connectivity index (χ0v) is 20.8. The van der Waals surface area contributed by atoms with Crippen LogP contribution in [0.4, 0.5) is 4.79 Å². The maximum Gasteiger partial charge on any atom is 0.330 e. The Bertz CT molecular complexity index is 854. The Morgan fingerprint density at radius 2 is 1.85 bits per heavy atom. The van der Waals surface area contributed by atoms with Crippen molar-refractivity contribution in [1.29, 1.82) is 0 Å². The Kier molecular flexibility index (Phi) is 8.18. The summed E-state index contributed by atoms with van der Waals surface area (Å²) in [7, 11) is 1.30. The van der Waals surface area contributed by atoms with Crippen molar-refractivity contribution in [2.45, 2.75) is 51.7 Å². The molecule has 1 aromatic rings. The van der Waals surface area contributed by atoms with Gasteiger partial charge in [0.1, 0.15) is 0 Å². The Morgan fingerprint density at radius 3 is 2.42 bits per heavy atom. The average Bonchev–Trinajstić information content (AvgIpc) is 3.45. The Morgan fingerprint density at radius 1 is 1.18 bits per heavy atom. The molecule has 2 fully saturated rings. The number of ether oxygens (including phenoxy) is 2. The topological polar surface area (TPSA) is 88.2 Å². The van der Waals surface area contributed by atoms with Gasteiger partial charge in [0.15, 0.2) is 6.04 Å². The summed E-state index contributed by atoms with van der Waals surface area (Å²) in [5.74, 6) is -0.493. The van der Waals surface area contributed by atoms with Crippen molar-refractivity contribution < 1.29 is 23.9 Å². The first-order valence-corrected chi connectivity index (χ1v) is 12.3. The molecule has 0 saturated carbocycles. The lowest BCUT2D eigenvalue weighted by molar-refractivity contribution is -0.146. The van der Waals surface area contributed by atoms with Gasteiger partial charge in [0.05, 0.1) is 19.3 Å². The van der Waals surface area contributed by atoms with Gasteiger partial charge in [-0.25, -0.2) is 9.59 Å². The fourth-order valence-corrected chi connectivity index (χ4v) is 4.87. The largest absolute Gasteiger partial charge is 0.467 e. The number of esters is 1. The van der Waals surface area contributed by atoms with Crippen LogP contribution in [0.2, 0.25) is 0 Å². The molecule has 2 aliphatic rings. The molecule has 2 saturated heterocycles. The summed E-state index contributed by atoms with van der Waals surface area (Å²) in [4.78, 5) is 41.2. The number of nitrogens with one attached hydrogen (secondary N) is 1. The zero-order chi connectivity index (χ0) is 24.1. The van der Waals surface area contributed by atoms with Crippen molar-refractivity contribution in [1.82, 2.24) is 15.1 Å². The van der Waals surface area contributed by atoms with E-state index in [0.29, 0.717) is 26.2 Å². The lowest BCUT2D eigenvalue weighted by atomic mass is 9.78. The number of amides is 3. The van der Waals surface area contributed by atoms with Crippen molar-refractivity contribution in [3.05, 3.63) is 28.5 Å². The lowest BCUT2D eigenvalue weighted by Crippen LogP contribution is -2.51. The van der Waals surface area contributed by atoms with Crippen LogP contribution in [0.1, 0.15) is 45.6 Å². The molecule has 1 aromatic heterocycles. The third kappa shape index (κ3) is 7.04. The highest BCUT2D eigenvalue weighted by Crippen LogP contribution is 2.40. The maximum absolute atomic E-state index is 12.9. The van der Waals surface area contributed by atoms with Crippen LogP contribution in [-0.4, -0.2) is 79.2 Å². The summed E-state index contributed by atoms with van der Waals surface area (Å²) in [6.07, 6.45) is 6.12. The molecule has 1 atom stereocenters. The van der Waals surface area contributed by atoms with E-state index in [1.165, 1.54) is 7.11 Å². The standard InChI is InChI=1S/C24H35N3O5S/c1-23(2,3)32-15-19(21(29)31-4)25-22(30)27-13-10-24(17-27)8-11-26(12-9-24)20(28)6-5-18-7-14-33-16-18/h5-7,14,16,19H,8-13,15,17H2,1-4H3,(H,25,30)/b6-5+/t19-/m0/s1. The van der Waals surface area contributed by atoms with Crippen LogP contribution in [0.3, 0.4) is 0 Å². The number of hydrogen-bond donors (Lipinski definition) is 1. The van der Waals surface area contributed by atoms with Crippen LogP contribution in [0.15, 0.2) is 22.9 Å². The van der Waals surface area contributed by atoms with E-state index in [4.69, 9.17) is 9.47 Å². The summed E-state index contributed by atoms with van der Waals surface area (Å²) >= 11 is 1.61. The summed E-state index contributed by atoms with van der Waals surface area (Å²) < 4.78 is 10.5. The summed E-state index contributed by atoms with van der Waals surface area (Å²) in [5.41, 5.74) is 0.629. The number of methoxy groups -OCH3 is 1. The Balaban J connectivity index is 1.50. The number of carbonyl (C=O) groups excluding carboxylic acids is 3. The van der Waals surface area contributed by atoms with E-state index in [-0.39, 0.29) is 24.0 Å².